The molecule has 2 atom stereocenters. The van der Waals surface area contributed by atoms with E-state index in [0.29, 0.717) is 6.54 Å². The highest BCUT2D eigenvalue weighted by Crippen LogP contribution is 2.39. The van der Waals surface area contributed by atoms with E-state index in [0.717, 1.165) is 63.9 Å². The lowest BCUT2D eigenvalue weighted by Crippen LogP contribution is -2.48. The third kappa shape index (κ3) is 6.61. The van der Waals surface area contributed by atoms with E-state index in [2.05, 4.69) is 16.0 Å². The molecule has 0 saturated heterocycles. The van der Waals surface area contributed by atoms with Gasteiger partial charge in [-0.25, -0.2) is 0 Å². The second-order valence-electron chi connectivity index (χ2n) is 9.25. The van der Waals surface area contributed by atoms with Crippen molar-refractivity contribution >= 4 is 17.8 Å². The average Bonchev–Trinajstić information content (AvgIpc) is 3.15. The number of guanidine groups is 1. The van der Waals surface area contributed by atoms with Gasteiger partial charge in [0.2, 0.25) is 11.8 Å². The molecule has 0 aliphatic heterocycles. The molecule has 2 saturated carbocycles. The SMILES string of the molecule is CCNC(=NCC1(C(=O)N(C)C)CCCC1)NC1CCCC(C(=O)NC(C)C)C1. The van der Waals surface area contributed by atoms with Gasteiger partial charge in [0.15, 0.2) is 5.96 Å². The topological polar surface area (TPSA) is 85.8 Å². The number of hydrogen-bond donors (Lipinski definition) is 3. The fourth-order valence-electron chi connectivity index (χ4n) is 4.67. The lowest BCUT2D eigenvalue weighted by Gasteiger charge is -2.32. The molecule has 7 nitrogen and oxygen atoms in total. The monoisotopic (exact) mass is 407 g/mol. The summed E-state index contributed by atoms with van der Waals surface area (Å²) in [5, 5.41) is 9.91. The Bertz CT molecular complexity index is 582. The summed E-state index contributed by atoms with van der Waals surface area (Å²) < 4.78 is 0. The number of aliphatic imine (C=N–C) groups is 1. The van der Waals surface area contributed by atoms with Crippen LogP contribution in [0.5, 0.6) is 0 Å². The van der Waals surface area contributed by atoms with Crippen molar-refractivity contribution < 1.29 is 9.59 Å². The molecular weight excluding hydrogens is 366 g/mol. The van der Waals surface area contributed by atoms with Gasteiger partial charge < -0.3 is 20.9 Å². The van der Waals surface area contributed by atoms with Crippen LogP contribution in [0.25, 0.3) is 0 Å². The maximum Gasteiger partial charge on any atom is 0.230 e. The maximum atomic E-state index is 12.8. The molecular formula is C22H41N5O2. The molecule has 0 spiro atoms. The van der Waals surface area contributed by atoms with E-state index in [1.54, 1.807) is 4.90 Å². The molecule has 2 unspecified atom stereocenters. The van der Waals surface area contributed by atoms with Crippen LogP contribution in [-0.2, 0) is 9.59 Å². The number of nitrogens with one attached hydrogen (secondary N) is 3. The summed E-state index contributed by atoms with van der Waals surface area (Å²) in [5.41, 5.74) is -0.363. The molecule has 2 amide bonds. The molecule has 0 aromatic carbocycles. The van der Waals surface area contributed by atoms with Gasteiger partial charge >= 0.3 is 0 Å². The Kier molecular flexibility index (Phi) is 8.78. The molecule has 3 N–H and O–H groups in total. The number of rotatable bonds is 7. The quantitative estimate of drug-likeness (QED) is 0.446. The lowest BCUT2D eigenvalue weighted by molar-refractivity contribution is -0.138. The third-order valence-electron chi connectivity index (χ3n) is 6.12. The van der Waals surface area contributed by atoms with Crippen LogP contribution in [-0.4, -0.2) is 61.9 Å². The van der Waals surface area contributed by atoms with Crippen LogP contribution in [0, 0.1) is 11.3 Å². The van der Waals surface area contributed by atoms with Crippen LogP contribution in [0.3, 0.4) is 0 Å². The van der Waals surface area contributed by atoms with Gasteiger partial charge in [-0.3, -0.25) is 14.6 Å². The summed E-state index contributed by atoms with van der Waals surface area (Å²) in [5.74, 6) is 1.18. The van der Waals surface area contributed by atoms with Gasteiger partial charge in [0.25, 0.3) is 0 Å². The van der Waals surface area contributed by atoms with E-state index in [-0.39, 0.29) is 35.2 Å². The minimum Gasteiger partial charge on any atom is -0.357 e. The maximum absolute atomic E-state index is 12.8. The highest BCUT2D eigenvalue weighted by molar-refractivity contribution is 5.84. The van der Waals surface area contributed by atoms with Gasteiger partial charge in [0.05, 0.1) is 12.0 Å². The summed E-state index contributed by atoms with van der Waals surface area (Å²) in [6, 6.07) is 0.403. The fraction of sp³-hybridized carbons (Fsp3) is 0.864. The first-order valence-electron chi connectivity index (χ1n) is 11.3. The fourth-order valence-corrected chi connectivity index (χ4v) is 4.67. The molecule has 7 heteroatoms. The zero-order valence-corrected chi connectivity index (χ0v) is 19.0. The van der Waals surface area contributed by atoms with E-state index in [9.17, 15) is 9.59 Å². The van der Waals surface area contributed by atoms with Crippen LogP contribution < -0.4 is 16.0 Å². The van der Waals surface area contributed by atoms with Crippen LogP contribution in [0.15, 0.2) is 4.99 Å². The smallest absolute Gasteiger partial charge is 0.230 e. The first-order valence-corrected chi connectivity index (χ1v) is 11.3. The molecule has 2 fully saturated rings. The van der Waals surface area contributed by atoms with Crippen molar-refractivity contribution in [1.29, 1.82) is 0 Å². The average molecular weight is 408 g/mol. The largest absolute Gasteiger partial charge is 0.357 e. The Morgan fingerprint density at radius 1 is 1.14 bits per heavy atom. The zero-order chi connectivity index (χ0) is 21.4. The molecule has 0 aromatic heterocycles. The van der Waals surface area contributed by atoms with Crippen LogP contribution >= 0.6 is 0 Å². The Morgan fingerprint density at radius 2 is 1.83 bits per heavy atom. The van der Waals surface area contributed by atoms with Crippen molar-refractivity contribution in [3.05, 3.63) is 0 Å². The molecule has 2 aliphatic carbocycles. The summed E-state index contributed by atoms with van der Waals surface area (Å²) in [4.78, 5) is 31.8. The molecule has 0 aromatic rings. The van der Waals surface area contributed by atoms with Crippen LogP contribution in [0.4, 0.5) is 0 Å². The van der Waals surface area contributed by atoms with Gasteiger partial charge in [0, 0.05) is 38.6 Å². The van der Waals surface area contributed by atoms with Crippen molar-refractivity contribution in [2.75, 3.05) is 27.2 Å². The van der Waals surface area contributed by atoms with E-state index in [4.69, 9.17) is 4.99 Å². The minimum absolute atomic E-state index is 0.0584. The zero-order valence-electron chi connectivity index (χ0n) is 19.0. The summed E-state index contributed by atoms with van der Waals surface area (Å²) in [6.45, 7) is 7.33. The molecule has 29 heavy (non-hydrogen) atoms. The van der Waals surface area contributed by atoms with Crippen LogP contribution in [0.1, 0.15) is 72.1 Å². The third-order valence-corrected chi connectivity index (χ3v) is 6.12. The van der Waals surface area contributed by atoms with Gasteiger partial charge in [-0.15, -0.1) is 0 Å². The van der Waals surface area contributed by atoms with Crippen molar-refractivity contribution in [3.63, 3.8) is 0 Å². The Balaban J connectivity index is 2.03. The summed E-state index contributed by atoms with van der Waals surface area (Å²) in [7, 11) is 3.67. The Hall–Kier alpha value is -1.79. The van der Waals surface area contributed by atoms with Crippen LogP contribution in [0.2, 0.25) is 0 Å². The van der Waals surface area contributed by atoms with Gasteiger partial charge in [0.1, 0.15) is 0 Å². The Morgan fingerprint density at radius 3 is 2.41 bits per heavy atom. The number of carbonyl (C=O) groups is 2. The number of hydrogen-bond acceptors (Lipinski definition) is 3. The standard InChI is InChI=1S/C22H41N5O2/c1-6-23-21(24-15-22(12-7-8-13-22)20(29)27(4)5)26-18-11-9-10-17(14-18)19(28)25-16(2)3/h16-18H,6-15H2,1-5H3,(H,25,28)(H2,23,24,26). The lowest BCUT2D eigenvalue weighted by atomic mass is 9.84. The van der Waals surface area contributed by atoms with Gasteiger partial charge in [-0.1, -0.05) is 19.3 Å². The molecule has 166 valence electrons. The summed E-state index contributed by atoms with van der Waals surface area (Å²) >= 11 is 0. The van der Waals surface area contributed by atoms with E-state index < -0.39 is 0 Å². The molecule has 0 radical (unpaired) electrons. The molecule has 0 bridgehead atoms. The summed E-state index contributed by atoms with van der Waals surface area (Å²) in [6.07, 6.45) is 7.85. The van der Waals surface area contributed by atoms with Crippen molar-refractivity contribution in [2.24, 2.45) is 16.3 Å². The predicted octanol–water partition coefficient (Wildman–Crippen LogP) is 2.27. The molecule has 2 rings (SSSR count). The van der Waals surface area contributed by atoms with E-state index >= 15 is 0 Å². The number of nitrogens with zero attached hydrogens (tertiary/aromatic N) is 2. The number of carbonyl (C=O) groups excluding carboxylic acids is 2. The van der Waals surface area contributed by atoms with E-state index in [1.807, 2.05) is 34.9 Å². The second-order valence-corrected chi connectivity index (χ2v) is 9.25. The Labute approximate surface area is 176 Å². The van der Waals surface area contributed by atoms with Crippen molar-refractivity contribution in [3.8, 4) is 0 Å². The first-order chi connectivity index (χ1) is 13.8. The van der Waals surface area contributed by atoms with E-state index in [1.165, 1.54) is 0 Å². The van der Waals surface area contributed by atoms with Crippen molar-refractivity contribution in [1.82, 2.24) is 20.9 Å². The van der Waals surface area contributed by atoms with Gasteiger partial charge in [-0.05, 0) is 52.9 Å². The molecule has 2 aliphatic rings. The highest BCUT2D eigenvalue weighted by atomic mass is 16.2. The van der Waals surface area contributed by atoms with Crippen molar-refractivity contribution in [2.45, 2.75) is 84.2 Å². The molecule has 0 heterocycles. The first kappa shape index (κ1) is 23.5. The second kappa shape index (κ2) is 10.8. The number of amides is 2. The van der Waals surface area contributed by atoms with Gasteiger partial charge in [-0.2, -0.15) is 0 Å². The highest BCUT2D eigenvalue weighted by Gasteiger charge is 2.42. The normalized spacial score (nSPS) is 24.3. The minimum atomic E-state index is -0.363. The predicted molar refractivity (Wildman–Crippen MR) is 118 cm³/mol.